The van der Waals surface area contributed by atoms with E-state index in [4.69, 9.17) is 4.74 Å². The lowest BCUT2D eigenvalue weighted by molar-refractivity contribution is -0.384. The maximum atomic E-state index is 13.1. The van der Waals surface area contributed by atoms with E-state index in [1.165, 1.54) is 12.1 Å². The van der Waals surface area contributed by atoms with Crippen LogP contribution in [0.4, 0.5) is 11.4 Å². The van der Waals surface area contributed by atoms with Crippen molar-refractivity contribution in [2.24, 2.45) is 0 Å². The number of hydrogen-bond donors (Lipinski definition) is 1. The molecule has 1 N–H and O–H groups in total. The Morgan fingerprint density at radius 1 is 1.23 bits per heavy atom. The molecule has 2 aromatic carbocycles. The maximum Gasteiger partial charge on any atom is 0.270 e. The van der Waals surface area contributed by atoms with Crippen LogP contribution in [-0.2, 0) is 0 Å². The fourth-order valence-electron chi connectivity index (χ4n) is 3.85. The number of ether oxygens (including phenoxy) is 1. The van der Waals surface area contributed by atoms with Gasteiger partial charge in [0.25, 0.3) is 11.6 Å². The lowest BCUT2D eigenvalue weighted by Crippen LogP contribution is -2.35. The zero-order valence-corrected chi connectivity index (χ0v) is 17.6. The number of non-ortho nitro benzene ring substituents is 1. The third-order valence-electron chi connectivity index (χ3n) is 5.46. The van der Waals surface area contributed by atoms with E-state index >= 15 is 0 Å². The predicted molar refractivity (Wildman–Crippen MR) is 116 cm³/mol. The summed E-state index contributed by atoms with van der Waals surface area (Å²) in [6.45, 7) is 2.04. The van der Waals surface area contributed by atoms with E-state index in [1.54, 1.807) is 13.2 Å². The van der Waals surface area contributed by atoms with Crippen molar-refractivity contribution in [1.82, 2.24) is 10.2 Å². The number of methoxy groups -OCH3 is 1. The molecule has 0 bridgehead atoms. The number of amides is 1. The third kappa shape index (κ3) is 4.71. The minimum absolute atomic E-state index is 0.0861. The highest BCUT2D eigenvalue weighted by Gasteiger charge is 2.24. The van der Waals surface area contributed by atoms with Crippen molar-refractivity contribution < 1.29 is 14.5 Å². The first kappa shape index (κ1) is 21.6. The zero-order chi connectivity index (χ0) is 21.7. The second kappa shape index (κ2) is 9.58. The molecule has 1 atom stereocenters. The van der Waals surface area contributed by atoms with E-state index in [0.29, 0.717) is 12.1 Å². The molecule has 0 saturated carbocycles. The van der Waals surface area contributed by atoms with Gasteiger partial charge >= 0.3 is 0 Å². The molecular weight excluding hydrogens is 384 g/mol. The average Bonchev–Trinajstić information content (AvgIpc) is 3.28. The first-order chi connectivity index (χ1) is 14.4. The Hall–Kier alpha value is -3.13. The van der Waals surface area contributed by atoms with Crippen LogP contribution in [0.25, 0.3) is 0 Å². The second-order valence-corrected chi connectivity index (χ2v) is 7.58. The van der Waals surface area contributed by atoms with Gasteiger partial charge in [0, 0.05) is 37.3 Å². The van der Waals surface area contributed by atoms with Gasteiger partial charge in [-0.25, -0.2) is 0 Å². The molecule has 8 nitrogen and oxygen atoms in total. The molecule has 160 valence electrons. The van der Waals surface area contributed by atoms with E-state index in [2.05, 4.69) is 10.2 Å². The molecule has 30 heavy (non-hydrogen) atoms. The molecule has 3 rings (SSSR count). The van der Waals surface area contributed by atoms with Crippen molar-refractivity contribution in [2.75, 3.05) is 45.7 Å². The Labute approximate surface area is 176 Å². The number of rotatable bonds is 8. The number of carbonyl (C=O) groups excluding carboxylic acids is 1. The van der Waals surface area contributed by atoms with Crippen LogP contribution in [0.5, 0.6) is 5.75 Å². The zero-order valence-electron chi connectivity index (χ0n) is 17.6. The largest absolute Gasteiger partial charge is 0.496 e. The van der Waals surface area contributed by atoms with Gasteiger partial charge in [-0.3, -0.25) is 14.9 Å². The highest BCUT2D eigenvalue weighted by molar-refractivity contribution is 6.00. The molecule has 1 saturated heterocycles. The summed E-state index contributed by atoms with van der Waals surface area (Å²) in [6, 6.07) is 12.1. The minimum atomic E-state index is -0.470. The number of nitrogens with zero attached hydrogens (tertiary/aromatic N) is 3. The summed E-state index contributed by atoms with van der Waals surface area (Å²) in [5.74, 6) is 0.431. The highest BCUT2D eigenvalue weighted by atomic mass is 16.6. The van der Waals surface area contributed by atoms with Gasteiger partial charge in [0.05, 0.1) is 29.3 Å². The average molecular weight is 412 g/mol. The van der Waals surface area contributed by atoms with Crippen LogP contribution < -0.4 is 15.0 Å². The lowest BCUT2D eigenvalue weighted by atomic mass is 10.0. The molecule has 0 radical (unpaired) electrons. The fraction of sp³-hybridized carbons (Fsp3) is 0.409. The Morgan fingerprint density at radius 3 is 2.57 bits per heavy atom. The van der Waals surface area contributed by atoms with Crippen LogP contribution in [0.3, 0.4) is 0 Å². The van der Waals surface area contributed by atoms with Gasteiger partial charge in [-0.15, -0.1) is 0 Å². The molecule has 0 aromatic heterocycles. The summed E-state index contributed by atoms with van der Waals surface area (Å²) in [6.07, 6.45) is 2.10. The molecule has 1 amide bonds. The van der Waals surface area contributed by atoms with Crippen LogP contribution >= 0.6 is 0 Å². The number of benzene rings is 2. The maximum absolute atomic E-state index is 13.1. The SMILES string of the molecule is COc1ccccc1C(CNC(=O)c1cc([N+](=O)[O-])ccc1N1CCCC1)N(C)C. The van der Waals surface area contributed by atoms with Gasteiger partial charge in [0.15, 0.2) is 0 Å². The molecule has 1 unspecified atom stereocenters. The van der Waals surface area contributed by atoms with Gasteiger partial charge in [0.2, 0.25) is 0 Å². The molecule has 1 heterocycles. The number of nitro groups is 1. The van der Waals surface area contributed by atoms with E-state index in [1.807, 2.05) is 43.3 Å². The fourth-order valence-corrected chi connectivity index (χ4v) is 3.85. The normalized spacial score (nSPS) is 14.6. The number of para-hydroxylation sites is 1. The van der Waals surface area contributed by atoms with Crippen molar-refractivity contribution in [1.29, 1.82) is 0 Å². The molecular formula is C22H28N4O4. The smallest absolute Gasteiger partial charge is 0.270 e. The summed E-state index contributed by atoms with van der Waals surface area (Å²) in [5, 5.41) is 14.2. The predicted octanol–water partition coefficient (Wildman–Crippen LogP) is 3.24. The van der Waals surface area contributed by atoms with Crippen molar-refractivity contribution >= 4 is 17.3 Å². The summed E-state index contributed by atoms with van der Waals surface area (Å²) in [4.78, 5) is 28.0. The van der Waals surface area contributed by atoms with Gasteiger partial charge < -0.3 is 19.9 Å². The standard InChI is InChI=1S/C22H28N4O4/c1-24(2)20(17-8-4-5-9-21(17)30-3)15-23-22(27)18-14-16(26(28)29)10-11-19(18)25-12-6-7-13-25/h4-5,8-11,14,20H,6-7,12-13,15H2,1-3H3,(H,23,27). The molecule has 8 heteroatoms. The van der Waals surface area contributed by atoms with Crippen LogP contribution in [0.15, 0.2) is 42.5 Å². The number of anilines is 1. The van der Waals surface area contributed by atoms with Crippen LogP contribution in [0, 0.1) is 10.1 Å². The first-order valence-electron chi connectivity index (χ1n) is 10.0. The van der Waals surface area contributed by atoms with E-state index in [0.717, 1.165) is 42.9 Å². The first-order valence-corrected chi connectivity index (χ1v) is 10.0. The molecule has 1 fully saturated rings. The molecule has 2 aromatic rings. The topological polar surface area (TPSA) is 87.9 Å². The lowest BCUT2D eigenvalue weighted by Gasteiger charge is -2.27. The summed E-state index contributed by atoms with van der Waals surface area (Å²) in [5.41, 5.74) is 1.96. The number of carbonyl (C=O) groups is 1. The molecule has 1 aliphatic rings. The number of nitro benzene ring substituents is 1. The Balaban J connectivity index is 1.85. The van der Waals surface area contributed by atoms with Crippen LogP contribution in [-0.4, -0.2) is 56.6 Å². The molecule has 0 aliphatic carbocycles. The van der Waals surface area contributed by atoms with Crippen molar-refractivity contribution in [3.63, 3.8) is 0 Å². The highest BCUT2D eigenvalue weighted by Crippen LogP contribution is 2.30. The molecule has 0 spiro atoms. The molecule has 1 aliphatic heterocycles. The van der Waals surface area contributed by atoms with Crippen molar-refractivity contribution in [3.05, 3.63) is 63.7 Å². The third-order valence-corrected chi connectivity index (χ3v) is 5.46. The van der Waals surface area contributed by atoms with E-state index in [-0.39, 0.29) is 17.6 Å². The number of likely N-dealkylation sites (N-methyl/N-ethyl adjacent to an activating group) is 1. The Kier molecular flexibility index (Phi) is 6.89. The van der Waals surface area contributed by atoms with E-state index < -0.39 is 4.92 Å². The summed E-state index contributed by atoms with van der Waals surface area (Å²) >= 11 is 0. The Bertz CT molecular complexity index is 910. The van der Waals surface area contributed by atoms with Crippen LogP contribution in [0.2, 0.25) is 0 Å². The summed E-state index contributed by atoms with van der Waals surface area (Å²) < 4.78 is 5.48. The quantitative estimate of drug-likeness (QED) is 0.529. The summed E-state index contributed by atoms with van der Waals surface area (Å²) in [7, 11) is 5.49. The minimum Gasteiger partial charge on any atom is -0.496 e. The van der Waals surface area contributed by atoms with Crippen molar-refractivity contribution in [2.45, 2.75) is 18.9 Å². The number of hydrogen-bond acceptors (Lipinski definition) is 6. The van der Waals surface area contributed by atoms with Gasteiger partial charge in [-0.05, 0) is 39.1 Å². The Morgan fingerprint density at radius 2 is 1.93 bits per heavy atom. The van der Waals surface area contributed by atoms with E-state index in [9.17, 15) is 14.9 Å². The monoisotopic (exact) mass is 412 g/mol. The second-order valence-electron chi connectivity index (χ2n) is 7.58. The van der Waals surface area contributed by atoms with Gasteiger partial charge in [-0.1, -0.05) is 18.2 Å². The number of nitrogens with one attached hydrogen (secondary N) is 1. The van der Waals surface area contributed by atoms with Crippen LogP contribution in [0.1, 0.15) is 34.8 Å². The van der Waals surface area contributed by atoms with Gasteiger partial charge in [0.1, 0.15) is 5.75 Å². The van der Waals surface area contributed by atoms with Gasteiger partial charge in [-0.2, -0.15) is 0 Å². The van der Waals surface area contributed by atoms with Crippen molar-refractivity contribution in [3.8, 4) is 5.75 Å².